The van der Waals surface area contributed by atoms with E-state index in [-0.39, 0.29) is 42.2 Å². The van der Waals surface area contributed by atoms with Crippen LogP contribution in [0.25, 0.3) is 0 Å². The van der Waals surface area contributed by atoms with Crippen molar-refractivity contribution in [3.63, 3.8) is 0 Å². The number of nitrogens with two attached hydrogens (primary N) is 1. The maximum Gasteiger partial charge on any atom is 0.238 e. The van der Waals surface area contributed by atoms with E-state index in [1.165, 1.54) is 0 Å². The Balaban J connectivity index is 0. The summed E-state index contributed by atoms with van der Waals surface area (Å²) < 4.78 is 0. The van der Waals surface area contributed by atoms with Gasteiger partial charge < -0.3 is 11.1 Å². The fraction of sp³-hybridized carbons (Fsp3) is 0.667. The highest BCUT2D eigenvalue weighted by atomic mass is 35.5. The summed E-state index contributed by atoms with van der Waals surface area (Å²) in [5.41, 5.74) is 5.66. The lowest BCUT2D eigenvalue weighted by Gasteiger charge is -2.27. The Kier molecular flexibility index (Phi) is 8.87. The summed E-state index contributed by atoms with van der Waals surface area (Å²) in [5.74, 6) is -0.127. The van der Waals surface area contributed by atoms with Crippen molar-refractivity contribution in [2.75, 3.05) is 0 Å². The Bertz CT molecular complexity index is 404. The number of nitrogens with zero attached hydrogens (tertiary/aromatic N) is 1. The summed E-state index contributed by atoms with van der Waals surface area (Å²) in [6, 6.07) is -0.597. The molecule has 0 aliphatic rings. The first-order valence-electron chi connectivity index (χ1n) is 5.70. The number of halogens is 2. The first-order valence-corrected chi connectivity index (χ1v) is 6.51. The summed E-state index contributed by atoms with van der Waals surface area (Å²) in [4.78, 5) is 17.3. The zero-order valence-corrected chi connectivity index (χ0v) is 14.3. The van der Waals surface area contributed by atoms with E-state index in [2.05, 4.69) is 10.3 Å². The number of thiazole rings is 1. The Labute approximate surface area is 131 Å². The maximum atomic E-state index is 11.9. The van der Waals surface area contributed by atoms with Crippen LogP contribution in [0.15, 0.2) is 6.20 Å². The van der Waals surface area contributed by atoms with Gasteiger partial charge in [-0.1, -0.05) is 20.8 Å². The molecular weight excluding hydrogens is 305 g/mol. The Morgan fingerprint density at radius 1 is 1.42 bits per heavy atom. The van der Waals surface area contributed by atoms with E-state index in [1.807, 2.05) is 40.8 Å². The van der Waals surface area contributed by atoms with Crippen molar-refractivity contribution in [2.45, 2.75) is 46.7 Å². The highest BCUT2D eigenvalue weighted by Crippen LogP contribution is 2.21. The van der Waals surface area contributed by atoms with Gasteiger partial charge in [0.15, 0.2) is 0 Å². The van der Waals surface area contributed by atoms with Crippen LogP contribution >= 0.6 is 36.2 Å². The van der Waals surface area contributed by atoms with Gasteiger partial charge in [0.25, 0.3) is 0 Å². The minimum absolute atomic E-state index is 0. The third-order valence-corrected chi connectivity index (χ3v) is 3.68. The summed E-state index contributed by atoms with van der Waals surface area (Å²) in [5, 5.41) is 3.81. The number of amides is 1. The molecule has 1 heterocycles. The van der Waals surface area contributed by atoms with Crippen molar-refractivity contribution in [3.8, 4) is 0 Å². The van der Waals surface area contributed by atoms with Gasteiger partial charge in [-0.05, 0) is 19.3 Å². The SMILES string of the molecule is Cc1cnc(C(C)NC(=O)[C@@H](N)C(C)(C)C)s1.Cl.Cl. The Morgan fingerprint density at radius 3 is 2.32 bits per heavy atom. The van der Waals surface area contributed by atoms with Crippen molar-refractivity contribution in [1.82, 2.24) is 10.3 Å². The van der Waals surface area contributed by atoms with Crippen LogP contribution in [0, 0.1) is 12.3 Å². The molecule has 0 saturated carbocycles. The molecule has 2 atom stereocenters. The van der Waals surface area contributed by atoms with Gasteiger partial charge in [-0.3, -0.25) is 4.79 Å². The van der Waals surface area contributed by atoms with Crippen LogP contribution in [0.4, 0.5) is 0 Å². The van der Waals surface area contributed by atoms with Gasteiger partial charge in [-0.25, -0.2) is 4.98 Å². The zero-order valence-electron chi connectivity index (χ0n) is 11.9. The number of hydrogen-bond acceptors (Lipinski definition) is 4. The minimum Gasteiger partial charge on any atom is -0.346 e. The highest BCUT2D eigenvalue weighted by molar-refractivity contribution is 7.11. The van der Waals surface area contributed by atoms with Gasteiger partial charge in [-0.2, -0.15) is 0 Å². The van der Waals surface area contributed by atoms with Gasteiger partial charge >= 0.3 is 0 Å². The van der Waals surface area contributed by atoms with E-state index in [0.717, 1.165) is 9.88 Å². The van der Waals surface area contributed by atoms with Gasteiger partial charge in [-0.15, -0.1) is 36.2 Å². The van der Waals surface area contributed by atoms with Crippen molar-refractivity contribution in [1.29, 1.82) is 0 Å². The lowest BCUT2D eigenvalue weighted by Crippen LogP contribution is -2.49. The topological polar surface area (TPSA) is 68.0 Å². The van der Waals surface area contributed by atoms with E-state index in [1.54, 1.807) is 11.3 Å². The number of hydrogen-bond donors (Lipinski definition) is 2. The van der Waals surface area contributed by atoms with E-state index in [0.29, 0.717) is 0 Å². The standard InChI is InChI=1S/C12H21N3OS.2ClH/c1-7-6-14-11(17-7)8(2)15-10(16)9(13)12(3,4)5;;/h6,8-9H,13H2,1-5H3,(H,15,16);2*1H/t8?,9-;;/m1../s1. The van der Waals surface area contributed by atoms with Crippen LogP contribution < -0.4 is 11.1 Å². The molecule has 0 radical (unpaired) electrons. The third kappa shape index (κ3) is 6.08. The van der Waals surface area contributed by atoms with Crippen LogP contribution in [-0.4, -0.2) is 16.9 Å². The monoisotopic (exact) mass is 327 g/mol. The molecule has 1 rings (SSSR count). The molecule has 4 nitrogen and oxygen atoms in total. The average molecular weight is 328 g/mol. The first-order chi connectivity index (χ1) is 7.71. The molecule has 19 heavy (non-hydrogen) atoms. The van der Waals surface area contributed by atoms with Crippen LogP contribution in [-0.2, 0) is 4.79 Å². The number of nitrogens with one attached hydrogen (secondary N) is 1. The first kappa shape index (κ1) is 20.9. The molecule has 0 aliphatic heterocycles. The Hall–Kier alpha value is -0.360. The molecule has 1 aromatic heterocycles. The Morgan fingerprint density at radius 2 is 1.95 bits per heavy atom. The number of aryl methyl sites for hydroxylation is 1. The normalized spacial score (nSPS) is 13.8. The molecule has 7 heteroatoms. The summed E-state index contributed by atoms with van der Waals surface area (Å²) >= 11 is 1.59. The van der Waals surface area contributed by atoms with Crippen molar-refractivity contribution in [2.24, 2.45) is 11.1 Å². The predicted octanol–water partition coefficient (Wildman–Crippen LogP) is 2.85. The molecule has 3 N–H and O–H groups in total. The quantitative estimate of drug-likeness (QED) is 0.896. The lowest BCUT2D eigenvalue weighted by molar-refractivity contribution is -0.125. The molecule has 0 bridgehead atoms. The number of rotatable bonds is 3. The van der Waals surface area contributed by atoms with E-state index >= 15 is 0 Å². The summed E-state index contributed by atoms with van der Waals surface area (Å²) in [6.45, 7) is 9.78. The fourth-order valence-electron chi connectivity index (χ4n) is 1.33. The lowest BCUT2D eigenvalue weighted by atomic mass is 9.87. The molecule has 112 valence electrons. The van der Waals surface area contributed by atoms with Gasteiger partial charge in [0.2, 0.25) is 5.91 Å². The molecule has 0 saturated heterocycles. The van der Waals surface area contributed by atoms with Crippen molar-refractivity contribution < 1.29 is 4.79 Å². The second kappa shape index (κ2) is 8.04. The summed E-state index contributed by atoms with van der Waals surface area (Å²) in [7, 11) is 0. The van der Waals surface area contributed by atoms with Crippen LogP contribution in [0.2, 0.25) is 0 Å². The highest BCUT2D eigenvalue weighted by Gasteiger charge is 2.28. The molecule has 0 aliphatic carbocycles. The van der Waals surface area contributed by atoms with E-state index in [9.17, 15) is 4.79 Å². The molecule has 0 spiro atoms. The largest absolute Gasteiger partial charge is 0.346 e. The van der Waals surface area contributed by atoms with Crippen molar-refractivity contribution >= 4 is 42.1 Å². The van der Waals surface area contributed by atoms with Gasteiger partial charge in [0, 0.05) is 11.1 Å². The number of aromatic nitrogens is 1. The van der Waals surface area contributed by atoms with Crippen molar-refractivity contribution in [3.05, 3.63) is 16.1 Å². The number of carbonyl (C=O) groups excluding carboxylic acids is 1. The van der Waals surface area contributed by atoms with E-state index < -0.39 is 6.04 Å². The van der Waals surface area contributed by atoms with Crippen LogP contribution in [0.5, 0.6) is 0 Å². The fourth-order valence-corrected chi connectivity index (χ4v) is 2.11. The minimum atomic E-state index is -0.508. The molecule has 0 aromatic carbocycles. The molecule has 1 aromatic rings. The molecular formula is C12H23Cl2N3OS. The third-order valence-electron chi connectivity index (χ3n) is 2.58. The van der Waals surface area contributed by atoms with Gasteiger partial charge in [0.1, 0.15) is 5.01 Å². The smallest absolute Gasteiger partial charge is 0.238 e. The second-order valence-electron chi connectivity index (χ2n) is 5.38. The molecule has 0 fully saturated rings. The second-order valence-corrected chi connectivity index (χ2v) is 6.65. The van der Waals surface area contributed by atoms with E-state index in [4.69, 9.17) is 5.73 Å². The maximum absolute atomic E-state index is 11.9. The average Bonchev–Trinajstić information content (AvgIpc) is 2.62. The summed E-state index contributed by atoms with van der Waals surface area (Å²) in [6.07, 6.45) is 1.81. The van der Waals surface area contributed by atoms with Crippen LogP contribution in [0.3, 0.4) is 0 Å². The molecule has 1 amide bonds. The van der Waals surface area contributed by atoms with Crippen LogP contribution in [0.1, 0.15) is 43.6 Å². The van der Waals surface area contributed by atoms with Gasteiger partial charge in [0.05, 0.1) is 12.1 Å². The predicted molar refractivity (Wildman–Crippen MR) is 85.3 cm³/mol. The molecule has 1 unspecified atom stereocenters. The number of carbonyl (C=O) groups is 1. The zero-order chi connectivity index (χ0) is 13.2.